The van der Waals surface area contributed by atoms with Gasteiger partial charge in [-0.15, -0.1) is 0 Å². The molecule has 1 heterocycles. The van der Waals surface area contributed by atoms with E-state index in [-0.39, 0.29) is 12.1 Å². The smallest absolute Gasteiger partial charge is 0.317 e. The maximum absolute atomic E-state index is 12.0. The van der Waals surface area contributed by atoms with Crippen LogP contribution in [0.25, 0.3) is 11.0 Å². The van der Waals surface area contributed by atoms with Crippen molar-refractivity contribution in [3.63, 3.8) is 0 Å². The van der Waals surface area contributed by atoms with Gasteiger partial charge in [0.2, 0.25) is 0 Å². The second-order valence-corrected chi connectivity index (χ2v) is 5.42. The molecule has 6 nitrogen and oxygen atoms in total. The van der Waals surface area contributed by atoms with E-state index in [1.54, 1.807) is 19.1 Å². The standard InChI is InChI=1S/C14H20N4O2S/c1-4-11(20-3)8-15-14(19)18(2)9-10-5-6-12-13(7-10)17-21-16-12/h5-7,11H,4,8-9H2,1-3H3,(H,15,19)/t11-/m1/s1. The monoisotopic (exact) mass is 308 g/mol. The number of aromatic nitrogens is 2. The molecule has 114 valence electrons. The fourth-order valence-corrected chi connectivity index (χ4v) is 2.52. The van der Waals surface area contributed by atoms with Crippen LogP contribution in [-0.4, -0.2) is 46.5 Å². The van der Waals surface area contributed by atoms with E-state index in [0.717, 1.165) is 23.0 Å². The normalized spacial score (nSPS) is 12.3. The number of nitrogens with one attached hydrogen (secondary N) is 1. The van der Waals surface area contributed by atoms with E-state index in [1.165, 1.54) is 11.7 Å². The second kappa shape index (κ2) is 7.33. The molecular weight excluding hydrogens is 288 g/mol. The summed E-state index contributed by atoms with van der Waals surface area (Å²) in [5, 5.41) is 2.87. The zero-order valence-electron chi connectivity index (χ0n) is 12.5. The van der Waals surface area contributed by atoms with Crippen LogP contribution in [0.2, 0.25) is 0 Å². The van der Waals surface area contributed by atoms with Gasteiger partial charge in [0.1, 0.15) is 11.0 Å². The summed E-state index contributed by atoms with van der Waals surface area (Å²) in [5.41, 5.74) is 2.80. The van der Waals surface area contributed by atoms with Gasteiger partial charge >= 0.3 is 6.03 Å². The minimum atomic E-state index is -0.109. The number of carbonyl (C=O) groups is 1. The molecule has 0 fully saturated rings. The first-order chi connectivity index (χ1) is 10.1. The molecule has 0 saturated heterocycles. The topological polar surface area (TPSA) is 67.4 Å². The Morgan fingerprint density at radius 2 is 2.19 bits per heavy atom. The van der Waals surface area contributed by atoms with Crippen molar-refractivity contribution in [2.45, 2.75) is 26.0 Å². The molecule has 0 radical (unpaired) electrons. The van der Waals surface area contributed by atoms with Crippen LogP contribution in [0, 0.1) is 0 Å². The lowest BCUT2D eigenvalue weighted by Gasteiger charge is -2.20. The van der Waals surface area contributed by atoms with Gasteiger partial charge in [0.15, 0.2) is 0 Å². The van der Waals surface area contributed by atoms with Gasteiger partial charge in [0, 0.05) is 27.2 Å². The maximum atomic E-state index is 12.0. The SMILES string of the molecule is CC[C@H](CNC(=O)N(C)Cc1ccc2nsnc2c1)OC. The minimum Gasteiger partial charge on any atom is -0.380 e. The van der Waals surface area contributed by atoms with Crippen LogP contribution in [-0.2, 0) is 11.3 Å². The Bertz CT molecular complexity index is 597. The third-order valence-corrected chi connectivity index (χ3v) is 3.91. The number of nitrogens with zero attached hydrogens (tertiary/aromatic N) is 3. The Hall–Kier alpha value is -1.73. The number of benzene rings is 1. The predicted octanol–water partition coefficient (Wildman–Crippen LogP) is 2.26. The van der Waals surface area contributed by atoms with E-state index in [2.05, 4.69) is 14.1 Å². The summed E-state index contributed by atoms with van der Waals surface area (Å²) >= 11 is 1.20. The van der Waals surface area contributed by atoms with Crippen molar-refractivity contribution in [1.29, 1.82) is 0 Å². The van der Waals surface area contributed by atoms with Crippen molar-refractivity contribution in [3.8, 4) is 0 Å². The van der Waals surface area contributed by atoms with Gasteiger partial charge in [-0.05, 0) is 24.1 Å². The molecule has 1 aromatic carbocycles. The number of carbonyl (C=O) groups excluding carboxylic acids is 1. The maximum Gasteiger partial charge on any atom is 0.317 e. The van der Waals surface area contributed by atoms with Crippen molar-refractivity contribution in [3.05, 3.63) is 23.8 Å². The number of hydrogen-bond acceptors (Lipinski definition) is 5. The summed E-state index contributed by atoms with van der Waals surface area (Å²) in [6.07, 6.45) is 0.924. The zero-order valence-corrected chi connectivity index (χ0v) is 13.3. The highest BCUT2D eigenvalue weighted by molar-refractivity contribution is 7.00. The van der Waals surface area contributed by atoms with Gasteiger partial charge in [0.25, 0.3) is 0 Å². The van der Waals surface area contributed by atoms with Gasteiger partial charge in [0.05, 0.1) is 17.8 Å². The third kappa shape index (κ3) is 4.12. The van der Waals surface area contributed by atoms with Crippen molar-refractivity contribution < 1.29 is 9.53 Å². The van der Waals surface area contributed by atoms with Crippen LogP contribution in [0.4, 0.5) is 4.79 Å². The highest BCUT2D eigenvalue weighted by Gasteiger charge is 2.12. The summed E-state index contributed by atoms with van der Waals surface area (Å²) in [5.74, 6) is 0. The fourth-order valence-electron chi connectivity index (χ4n) is 2.00. The molecular formula is C14H20N4O2S. The number of amides is 2. The molecule has 21 heavy (non-hydrogen) atoms. The summed E-state index contributed by atoms with van der Waals surface area (Å²) in [4.78, 5) is 13.7. The Kier molecular flexibility index (Phi) is 5.46. The minimum absolute atomic E-state index is 0.0554. The fraction of sp³-hybridized carbons (Fsp3) is 0.500. The summed E-state index contributed by atoms with van der Waals surface area (Å²) in [7, 11) is 3.42. The second-order valence-electron chi connectivity index (χ2n) is 4.90. The number of hydrogen-bond donors (Lipinski definition) is 1. The predicted molar refractivity (Wildman–Crippen MR) is 83.4 cm³/mol. The highest BCUT2D eigenvalue weighted by atomic mass is 32.1. The van der Waals surface area contributed by atoms with E-state index in [1.807, 2.05) is 25.1 Å². The van der Waals surface area contributed by atoms with Crippen LogP contribution in [0.15, 0.2) is 18.2 Å². The number of fused-ring (bicyclic) bond motifs is 1. The largest absolute Gasteiger partial charge is 0.380 e. The van der Waals surface area contributed by atoms with Crippen molar-refractivity contribution >= 4 is 28.8 Å². The first-order valence-corrected chi connectivity index (χ1v) is 7.60. The molecule has 2 rings (SSSR count). The van der Waals surface area contributed by atoms with E-state index < -0.39 is 0 Å². The Morgan fingerprint density at radius 1 is 1.43 bits per heavy atom. The van der Waals surface area contributed by atoms with E-state index >= 15 is 0 Å². The lowest BCUT2D eigenvalue weighted by molar-refractivity contribution is 0.0983. The number of methoxy groups -OCH3 is 1. The average molecular weight is 308 g/mol. The van der Waals surface area contributed by atoms with Crippen LogP contribution >= 0.6 is 11.7 Å². The van der Waals surface area contributed by atoms with Crippen molar-refractivity contribution in [1.82, 2.24) is 19.0 Å². The van der Waals surface area contributed by atoms with Crippen LogP contribution in [0.3, 0.4) is 0 Å². The third-order valence-electron chi connectivity index (χ3n) is 3.35. The molecule has 1 aromatic heterocycles. The zero-order chi connectivity index (χ0) is 15.2. The lowest BCUT2D eigenvalue weighted by atomic mass is 10.2. The Morgan fingerprint density at radius 3 is 2.90 bits per heavy atom. The number of urea groups is 1. The number of ether oxygens (including phenoxy) is 1. The van der Waals surface area contributed by atoms with E-state index in [0.29, 0.717) is 13.1 Å². The van der Waals surface area contributed by atoms with Crippen LogP contribution < -0.4 is 5.32 Å². The quantitative estimate of drug-likeness (QED) is 0.889. The van der Waals surface area contributed by atoms with Crippen molar-refractivity contribution in [2.24, 2.45) is 0 Å². The molecule has 0 bridgehead atoms. The van der Waals surface area contributed by atoms with Gasteiger partial charge in [-0.1, -0.05) is 13.0 Å². The molecule has 0 saturated carbocycles. The highest BCUT2D eigenvalue weighted by Crippen LogP contribution is 2.14. The molecule has 7 heteroatoms. The van der Waals surface area contributed by atoms with Gasteiger partial charge in [-0.25, -0.2) is 4.79 Å². The Balaban J connectivity index is 1.90. The van der Waals surface area contributed by atoms with E-state index in [9.17, 15) is 4.79 Å². The van der Waals surface area contributed by atoms with Crippen LogP contribution in [0.1, 0.15) is 18.9 Å². The van der Waals surface area contributed by atoms with Crippen molar-refractivity contribution in [2.75, 3.05) is 20.7 Å². The molecule has 0 aliphatic carbocycles. The molecule has 2 aromatic rings. The molecule has 0 aliphatic rings. The summed E-state index contributed by atoms with van der Waals surface area (Å²) in [6, 6.07) is 5.75. The van der Waals surface area contributed by atoms with Crippen LogP contribution in [0.5, 0.6) is 0 Å². The van der Waals surface area contributed by atoms with Gasteiger partial charge < -0.3 is 15.0 Å². The van der Waals surface area contributed by atoms with Gasteiger partial charge in [-0.3, -0.25) is 0 Å². The molecule has 0 unspecified atom stereocenters. The molecule has 0 aliphatic heterocycles. The molecule has 0 spiro atoms. The summed E-state index contributed by atoms with van der Waals surface area (Å²) < 4.78 is 13.6. The van der Waals surface area contributed by atoms with E-state index in [4.69, 9.17) is 4.74 Å². The summed E-state index contributed by atoms with van der Waals surface area (Å²) in [6.45, 7) is 3.08. The first-order valence-electron chi connectivity index (χ1n) is 6.87. The van der Waals surface area contributed by atoms with Gasteiger partial charge in [-0.2, -0.15) is 8.75 Å². The first kappa shape index (κ1) is 15.7. The lowest BCUT2D eigenvalue weighted by Crippen LogP contribution is -2.40. The average Bonchev–Trinajstić information content (AvgIpc) is 2.95. The number of rotatable bonds is 6. The molecule has 1 atom stereocenters. The molecule has 1 N–H and O–H groups in total. The molecule has 2 amide bonds. The Labute approximate surface area is 128 Å².